The van der Waals surface area contributed by atoms with Gasteiger partial charge in [-0.15, -0.1) is 6.58 Å². The summed E-state index contributed by atoms with van der Waals surface area (Å²) >= 11 is 0. The Morgan fingerprint density at radius 2 is 1.83 bits per heavy atom. The van der Waals surface area contributed by atoms with Gasteiger partial charge in [0.1, 0.15) is 0 Å². The van der Waals surface area contributed by atoms with Crippen LogP contribution < -0.4 is 0 Å². The van der Waals surface area contributed by atoms with Gasteiger partial charge in [0.2, 0.25) is 0 Å². The number of hydrogen-bond donors (Lipinski definition) is 0. The number of hydrogen-bond acceptors (Lipinski definition) is 1. The van der Waals surface area contributed by atoms with Gasteiger partial charge < -0.3 is 0 Å². The van der Waals surface area contributed by atoms with Crippen LogP contribution in [0.15, 0.2) is 67.3 Å². The van der Waals surface area contributed by atoms with Crippen molar-refractivity contribution in [2.24, 2.45) is 0 Å². The van der Waals surface area contributed by atoms with E-state index < -0.39 is 0 Å². The number of fused-ring (bicyclic) bond motifs is 3. The fourth-order valence-corrected chi connectivity index (χ4v) is 4.73. The lowest BCUT2D eigenvalue weighted by Crippen LogP contribution is -2.50. The Morgan fingerprint density at radius 1 is 1.04 bits per heavy atom. The SMILES string of the molecule is C=CC[C@@]1(c2ccccc2)CN2CCCC[C@@H]2c2ccccc21. The molecule has 2 aliphatic rings. The van der Waals surface area contributed by atoms with Gasteiger partial charge in [0.05, 0.1) is 0 Å². The van der Waals surface area contributed by atoms with Gasteiger partial charge in [-0.1, -0.05) is 67.1 Å². The lowest BCUT2D eigenvalue weighted by molar-refractivity contribution is 0.104. The fourth-order valence-electron chi connectivity index (χ4n) is 4.73. The minimum Gasteiger partial charge on any atom is -0.295 e. The van der Waals surface area contributed by atoms with Crippen molar-refractivity contribution in [3.8, 4) is 0 Å². The van der Waals surface area contributed by atoms with Crippen LogP contribution in [0.3, 0.4) is 0 Å². The lowest BCUT2D eigenvalue weighted by Gasteiger charge is -2.50. The maximum absolute atomic E-state index is 4.08. The van der Waals surface area contributed by atoms with Gasteiger partial charge in [-0.25, -0.2) is 0 Å². The normalized spacial score (nSPS) is 27.0. The molecule has 0 aromatic heterocycles. The van der Waals surface area contributed by atoms with E-state index >= 15 is 0 Å². The van der Waals surface area contributed by atoms with Gasteiger partial charge >= 0.3 is 0 Å². The first-order valence-corrected chi connectivity index (χ1v) is 8.85. The Hall–Kier alpha value is -1.86. The van der Waals surface area contributed by atoms with Crippen molar-refractivity contribution in [3.05, 3.63) is 83.9 Å². The molecule has 23 heavy (non-hydrogen) atoms. The number of piperidine rings is 1. The first-order valence-electron chi connectivity index (χ1n) is 8.85. The molecule has 2 aliphatic heterocycles. The number of nitrogens with zero attached hydrogens (tertiary/aromatic N) is 1. The predicted octanol–water partition coefficient (Wildman–Crippen LogP) is 5.09. The molecule has 0 unspecified atom stereocenters. The number of allylic oxidation sites excluding steroid dienone is 1. The zero-order valence-corrected chi connectivity index (χ0v) is 13.7. The average Bonchev–Trinajstić information content (AvgIpc) is 2.63. The van der Waals surface area contributed by atoms with Crippen molar-refractivity contribution >= 4 is 0 Å². The van der Waals surface area contributed by atoms with Gasteiger partial charge in [-0.2, -0.15) is 0 Å². The molecule has 0 radical (unpaired) electrons. The van der Waals surface area contributed by atoms with Crippen LogP contribution >= 0.6 is 0 Å². The summed E-state index contributed by atoms with van der Waals surface area (Å²) in [4.78, 5) is 2.72. The third-order valence-electron chi connectivity index (χ3n) is 5.74. The highest BCUT2D eigenvalue weighted by Gasteiger charge is 2.44. The molecule has 4 rings (SSSR count). The van der Waals surface area contributed by atoms with E-state index in [0.29, 0.717) is 6.04 Å². The second-order valence-electron chi connectivity index (χ2n) is 7.01. The average molecular weight is 303 g/mol. The minimum atomic E-state index is 0.0491. The van der Waals surface area contributed by atoms with Crippen LogP contribution in [-0.2, 0) is 5.41 Å². The number of benzene rings is 2. The molecule has 0 amide bonds. The van der Waals surface area contributed by atoms with E-state index in [4.69, 9.17) is 0 Å². The first kappa shape index (κ1) is 14.7. The van der Waals surface area contributed by atoms with Gasteiger partial charge in [-0.3, -0.25) is 4.90 Å². The molecule has 2 atom stereocenters. The van der Waals surface area contributed by atoms with E-state index in [9.17, 15) is 0 Å². The van der Waals surface area contributed by atoms with Crippen LogP contribution in [0.1, 0.15) is 48.4 Å². The Bertz CT molecular complexity index is 690. The van der Waals surface area contributed by atoms with Crippen LogP contribution in [0.4, 0.5) is 0 Å². The van der Waals surface area contributed by atoms with Crippen LogP contribution in [0.25, 0.3) is 0 Å². The van der Waals surface area contributed by atoms with E-state index in [1.165, 1.54) is 36.9 Å². The summed E-state index contributed by atoms with van der Waals surface area (Å²) in [6.07, 6.45) is 7.09. The van der Waals surface area contributed by atoms with E-state index in [2.05, 4.69) is 72.2 Å². The first-order chi connectivity index (χ1) is 11.3. The van der Waals surface area contributed by atoms with Gasteiger partial charge in [0, 0.05) is 18.0 Å². The molecule has 0 spiro atoms. The molecular weight excluding hydrogens is 278 g/mol. The molecule has 2 aromatic rings. The lowest BCUT2D eigenvalue weighted by atomic mass is 9.66. The van der Waals surface area contributed by atoms with Crippen molar-refractivity contribution in [2.45, 2.75) is 37.1 Å². The molecule has 2 heterocycles. The quantitative estimate of drug-likeness (QED) is 0.714. The van der Waals surface area contributed by atoms with E-state index in [-0.39, 0.29) is 5.41 Å². The second-order valence-corrected chi connectivity index (χ2v) is 7.01. The van der Waals surface area contributed by atoms with Crippen molar-refractivity contribution in [2.75, 3.05) is 13.1 Å². The molecule has 1 heteroatoms. The fraction of sp³-hybridized carbons (Fsp3) is 0.364. The van der Waals surface area contributed by atoms with Crippen molar-refractivity contribution in [3.63, 3.8) is 0 Å². The Morgan fingerprint density at radius 3 is 2.65 bits per heavy atom. The highest BCUT2D eigenvalue weighted by Crippen LogP contribution is 2.48. The third kappa shape index (κ3) is 2.35. The second kappa shape index (κ2) is 5.98. The predicted molar refractivity (Wildman–Crippen MR) is 96.6 cm³/mol. The van der Waals surface area contributed by atoms with Crippen molar-refractivity contribution in [1.29, 1.82) is 0 Å². The van der Waals surface area contributed by atoms with E-state index in [0.717, 1.165) is 13.0 Å². The zero-order chi connectivity index (χ0) is 15.7. The molecule has 1 fully saturated rings. The van der Waals surface area contributed by atoms with Crippen LogP contribution in [0.5, 0.6) is 0 Å². The molecule has 1 nitrogen and oxygen atoms in total. The zero-order valence-electron chi connectivity index (χ0n) is 13.7. The summed E-state index contributed by atoms with van der Waals surface area (Å²) in [7, 11) is 0. The highest BCUT2D eigenvalue weighted by atomic mass is 15.2. The van der Waals surface area contributed by atoms with Gasteiger partial charge in [0.15, 0.2) is 0 Å². The molecule has 0 bridgehead atoms. The summed E-state index contributed by atoms with van der Waals surface area (Å²) in [5.41, 5.74) is 4.54. The van der Waals surface area contributed by atoms with Crippen LogP contribution in [-0.4, -0.2) is 18.0 Å². The van der Waals surface area contributed by atoms with E-state index in [1.54, 1.807) is 5.56 Å². The molecule has 0 saturated carbocycles. The monoisotopic (exact) mass is 303 g/mol. The van der Waals surface area contributed by atoms with Gasteiger partial charge in [0.25, 0.3) is 0 Å². The topological polar surface area (TPSA) is 3.24 Å². The van der Waals surface area contributed by atoms with E-state index in [1.807, 2.05) is 0 Å². The minimum absolute atomic E-state index is 0.0491. The summed E-state index contributed by atoms with van der Waals surface area (Å²) in [6, 6.07) is 20.8. The maximum atomic E-state index is 4.08. The highest BCUT2D eigenvalue weighted by molar-refractivity contribution is 5.48. The van der Waals surface area contributed by atoms with Crippen LogP contribution in [0.2, 0.25) is 0 Å². The molecule has 1 saturated heterocycles. The van der Waals surface area contributed by atoms with Crippen molar-refractivity contribution in [1.82, 2.24) is 4.90 Å². The summed E-state index contributed by atoms with van der Waals surface area (Å²) in [5, 5.41) is 0. The van der Waals surface area contributed by atoms with Gasteiger partial charge in [-0.05, 0) is 42.5 Å². The molecule has 0 aliphatic carbocycles. The maximum Gasteiger partial charge on any atom is 0.0367 e. The Balaban J connectivity index is 1.92. The Kier molecular flexibility index (Phi) is 3.82. The smallest absolute Gasteiger partial charge is 0.0367 e. The summed E-state index contributed by atoms with van der Waals surface area (Å²) in [5.74, 6) is 0. The molecule has 2 aromatic carbocycles. The summed E-state index contributed by atoms with van der Waals surface area (Å²) in [6.45, 7) is 6.43. The summed E-state index contributed by atoms with van der Waals surface area (Å²) < 4.78 is 0. The Labute approximate surface area is 139 Å². The number of rotatable bonds is 3. The molecule has 118 valence electrons. The van der Waals surface area contributed by atoms with Crippen LogP contribution in [0, 0.1) is 0 Å². The molecular formula is C22H25N. The third-order valence-corrected chi connectivity index (χ3v) is 5.74. The standard InChI is InChI=1S/C22H25N/c1-2-15-22(18-10-4-3-5-11-18)17-23-16-9-8-14-21(23)19-12-6-7-13-20(19)22/h2-7,10-13,21H,1,8-9,14-17H2/t21-,22+/m1/s1. The molecule has 0 N–H and O–H groups in total. The van der Waals surface area contributed by atoms with Crippen molar-refractivity contribution < 1.29 is 0 Å². The largest absolute Gasteiger partial charge is 0.295 e.